The van der Waals surface area contributed by atoms with E-state index in [1.54, 1.807) is 0 Å². The Morgan fingerprint density at radius 3 is 2.44 bits per heavy atom. The second-order valence-corrected chi connectivity index (χ2v) is 6.09. The molecule has 0 spiro atoms. The van der Waals surface area contributed by atoms with E-state index in [0.29, 0.717) is 4.90 Å². The van der Waals surface area contributed by atoms with Crippen LogP contribution >= 0.6 is 0 Å². The van der Waals surface area contributed by atoms with Crippen molar-refractivity contribution in [2.45, 2.75) is 19.4 Å². The fourth-order valence-electron chi connectivity index (χ4n) is 2.16. The third-order valence-electron chi connectivity index (χ3n) is 3.53. The Labute approximate surface area is 153 Å². The number of amides is 5. The number of hydrogen-bond donors (Lipinski definition) is 3. The highest BCUT2D eigenvalue weighted by atomic mass is 19.1. The molecule has 1 aliphatic rings. The molecule has 1 saturated heterocycles. The smallest absolute Gasteiger partial charge is 0.326 e. The zero-order valence-electron chi connectivity index (χ0n) is 14.5. The highest BCUT2D eigenvalue weighted by Crippen LogP contribution is 2.16. The number of carbonyl (C=O) groups is 5. The third kappa shape index (κ3) is 4.77. The summed E-state index contributed by atoms with van der Waals surface area (Å²) in [6, 6.07) is 4.39. The van der Waals surface area contributed by atoms with Crippen LogP contribution in [0.1, 0.15) is 24.2 Å². The van der Waals surface area contributed by atoms with Gasteiger partial charge in [0.05, 0.1) is 5.56 Å². The molecule has 2 rings (SSSR count). The number of ether oxygens (including phenoxy) is 1. The van der Waals surface area contributed by atoms with Crippen LogP contribution in [0.4, 0.5) is 9.18 Å². The van der Waals surface area contributed by atoms with E-state index in [4.69, 9.17) is 0 Å². The Bertz CT molecular complexity index is 810. The number of urea groups is 1. The largest absolute Gasteiger partial charge is 0.454 e. The molecule has 0 radical (unpaired) electrons. The number of esters is 1. The van der Waals surface area contributed by atoms with E-state index in [1.807, 2.05) is 10.9 Å². The van der Waals surface area contributed by atoms with Crippen LogP contribution in [0.15, 0.2) is 24.3 Å². The number of hydrazine groups is 1. The van der Waals surface area contributed by atoms with Crippen LogP contribution in [-0.2, 0) is 19.1 Å². The lowest BCUT2D eigenvalue weighted by molar-refractivity contribution is -0.151. The normalized spacial score (nSPS) is 15.1. The second-order valence-electron chi connectivity index (χ2n) is 6.09. The summed E-state index contributed by atoms with van der Waals surface area (Å²) >= 11 is 0. The number of nitrogens with zero attached hydrogens (tertiary/aromatic N) is 1. The zero-order valence-corrected chi connectivity index (χ0v) is 14.5. The van der Waals surface area contributed by atoms with Crippen molar-refractivity contribution in [1.82, 2.24) is 21.1 Å². The number of halogens is 1. The van der Waals surface area contributed by atoms with Gasteiger partial charge >= 0.3 is 12.0 Å². The van der Waals surface area contributed by atoms with Crippen LogP contribution < -0.4 is 16.2 Å². The minimum absolute atomic E-state index is 0.282. The Kier molecular flexibility index (Phi) is 5.73. The maximum atomic E-state index is 13.4. The molecule has 10 nitrogen and oxygen atoms in total. The first-order valence-electron chi connectivity index (χ1n) is 7.75. The minimum atomic E-state index is -1.13. The van der Waals surface area contributed by atoms with Gasteiger partial charge in [0.15, 0.2) is 6.61 Å². The molecule has 144 valence electrons. The van der Waals surface area contributed by atoms with Crippen LogP contribution in [0.2, 0.25) is 0 Å². The molecule has 11 heteroatoms. The molecule has 0 atom stereocenters. The van der Waals surface area contributed by atoms with E-state index in [-0.39, 0.29) is 5.56 Å². The minimum Gasteiger partial charge on any atom is -0.454 e. The van der Waals surface area contributed by atoms with Gasteiger partial charge in [-0.3, -0.25) is 34.9 Å². The first-order valence-corrected chi connectivity index (χ1v) is 7.75. The summed E-state index contributed by atoms with van der Waals surface area (Å²) in [7, 11) is 0. The van der Waals surface area contributed by atoms with Crippen molar-refractivity contribution >= 4 is 29.7 Å². The molecule has 5 amide bonds. The summed E-state index contributed by atoms with van der Waals surface area (Å²) in [6.07, 6.45) is 0. The average Bonchev–Trinajstić information content (AvgIpc) is 2.80. The summed E-state index contributed by atoms with van der Waals surface area (Å²) in [5.41, 5.74) is 2.49. The monoisotopic (exact) mass is 380 g/mol. The van der Waals surface area contributed by atoms with Gasteiger partial charge in [-0.25, -0.2) is 9.18 Å². The average molecular weight is 380 g/mol. The molecule has 0 saturated carbocycles. The highest BCUT2D eigenvalue weighted by Gasteiger charge is 2.45. The number of rotatable bonds is 5. The number of hydrogen-bond acceptors (Lipinski definition) is 6. The molecule has 1 aromatic carbocycles. The Morgan fingerprint density at radius 2 is 1.85 bits per heavy atom. The van der Waals surface area contributed by atoms with E-state index < -0.39 is 54.2 Å². The molecule has 27 heavy (non-hydrogen) atoms. The van der Waals surface area contributed by atoms with Crippen LogP contribution in [0, 0.1) is 5.82 Å². The van der Waals surface area contributed by atoms with E-state index in [1.165, 1.54) is 32.0 Å². The summed E-state index contributed by atoms with van der Waals surface area (Å²) in [4.78, 5) is 59.2. The van der Waals surface area contributed by atoms with Gasteiger partial charge in [0.25, 0.3) is 17.7 Å². The van der Waals surface area contributed by atoms with Crippen molar-refractivity contribution < 1.29 is 33.1 Å². The van der Waals surface area contributed by atoms with Crippen molar-refractivity contribution in [3.8, 4) is 0 Å². The van der Waals surface area contributed by atoms with Gasteiger partial charge in [-0.1, -0.05) is 12.1 Å². The first-order chi connectivity index (χ1) is 12.6. The van der Waals surface area contributed by atoms with Crippen molar-refractivity contribution in [3.05, 3.63) is 35.6 Å². The lowest BCUT2D eigenvalue weighted by atomic mass is 10.1. The molecule has 0 unspecified atom stereocenters. The molecular formula is C16H17FN4O6. The summed E-state index contributed by atoms with van der Waals surface area (Å²) in [5, 5.41) is 2.39. The Hall–Kier alpha value is -3.50. The van der Waals surface area contributed by atoms with Crippen molar-refractivity contribution in [2.24, 2.45) is 0 Å². The fraction of sp³-hybridized carbons (Fsp3) is 0.312. The van der Waals surface area contributed by atoms with Gasteiger partial charge in [0, 0.05) is 0 Å². The van der Waals surface area contributed by atoms with Gasteiger partial charge in [-0.2, -0.15) is 0 Å². The maximum Gasteiger partial charge on any atom is 0.326 e. The molecular weight excluding hydrogens is 363 g/mol. The molecule has 1 aromatic rings. The Morgan fingerprint density at radius 1 is 1.19 bits per heavy atom. The topological polar surface area (TPSA) is 134 Å². The van der Waals surface area contributed by atoms with Crippen LogP contribution in [-0.4, -0.2) is 53.3 Å². The van der Waals surface area contributed by atoms with Crippen molar-refractivity contribution in [1.29, 1.82) is 0 Å². The summed E-state index contributed by atoms with van der Waals surface area (Å²) in [5.74, 6) is -4.16. The maximum absolute atomic E-state index is 13.4. The van der Waals surface area contributed by atoms with Gasteiger partial charge in [-0.05, 0) is 26.0 Å². The molecule has 0 bridgehead atoms. The Balaban J connectivity index is 1.76. The summed E-state index contributed by atoms with van der Waals surface area (Å²) < 4.78 is 18.1. The van der Waals surface area contributed by atoms with Crippen molar-refractivity contribution in [3.63, 3.8) is 0 Å². The number of carbonyl (C=O) groups excluding carboxylic acids is 5. The van der Waals surface area contributed by atoms with Crippen LogP contribution in [0.3, 0.4) is 0 Å². The van der Waals surface area contributed by atoms with Gasteiger partial charge in [-0.15, -0.1) is 0 Å². The second kappa shape index (κ2) is 7.81. The van der Waals surface area contributed by atoms with E-state index in [9.17, 15) is 28.4 Å². The lowest BCUT2D eigenvalue weighted by Crippen LogP contribution is -2.44. The SMILES string of the molecule is CC1(C)NC(=O)N(CC(=O)OCC(=O)NNC(=O)c2ccccc2F)C1=O. The molecule has 0 aromatic heterocycles. The molecule has 3 N–H and O–H groups in total. The predicted octanol–water partition coefficient (Wildman–Crippen LogP) is -0.540. The molecule has 1 fully saturated rings. The molecule has 1 heterocycles. The van der Waals surface area contributed by atoms with E-state index in [0.717, 1.165) is 6.07 Å². The fourth-order valence-corrected chi connectivity index (χ4v) is 2.16. The van der Waals surface area contributed by atoms with E-state index >= 15 is 0 Å². The lowest BCUT2D eigenvalue weighted by Gasteiger charge is -2.15. The van der Waals surface area contributed by atoms with Gasteiger partial charge < -0.3 is 10.1 Å². The number of nitrogens with one attached hydrogen (secondary N) is 3. The third-order valence-corrected chi connectivity index (χ3v) is 3.53. The van der Waals surface area contributed by atoms with Crippen molar-refractivity contribution in [2.75, 3.05) is 13.2 Å². The number of benzene rings is 1. The van der Waals surface area contributed by atoms with E-state index in [2.05, 4.69) is 10.1 Å². The number of imide groups is 1. The molecule has 0 aliphatic carbocycles. The predicted molar refractivity (Wildman–Crippen MR) is 87.3 cm³/mol. The van der Waals surface area contributed by atoms with Crippen LogP contribution in [0.5, 0.6) is 0 Å². The van der Waals surface area contributed by atoms with Gasteiger partial charge in [0.1, 0.15) is 17.9 Å². The first kappa shape index (κ1) is 19.8. The summed E-state index contributed by atoms with van der Waals surface area (Å²) in [6.45, 7) is 1.51. The highest BCUT2D eigenvalue weighted by molar-refractivity contribution is 6.08. The molecule has 1 aliphatic heterocycles. The standard InChI is InChI=1S/C16H17FN4O6/c1-16(2)14(25)21(15(26)18-16)7-12(23)27-8-11(22)19-20-13(24)9-5-3-4-6-10(9)17/h3-6H,7-8H2,1-2H3,(H,18,26)(H,19,22)(H,20,24). The van der Waals surface area contributed by atoms with Gasteiger partial charge in [0.2, 0.25) is 0 Å². The zero-order chi connectivity index (χ0) is 20.2. The van der Waals surface area contributed by atoms with Crippen LogP contribution in [0.25, 0.3) is 0 Å². The quantitative estimate of drug-likeness (QED) is 0.357.